The Bertz CT molecular complexity index is 1520. The Kier molecular flexibility index (Phi) is 6.86. The van der Waals surface area contributed by atoms with E-state index in [1.54, 1.807) is 9.42 Å². The van der Waals surface area contributed by atoms with Crippen LogP contribution in [0.3, 0.4) is 0 Å². The number of carbonyl (C=O) groups is 1. The Morgan fingerprint density at radius 1 is 1.14 bits per heavy atom. The lowest BCUT2D eigenvalue weighted by molar-refractivity contribution is -0.118. The van der Waals surface area contributed by atoms with Gasteiger partial charge >= 0.3 is 0 Å². The zero-order chi connectivity index (χ0) is 25.8. The third kappa shape index (κ3) is 5.02. The Labute approximate surface area is 215 Å². The van der Waals surface area contributed by atoms with E-state index >= 15 is 0 Å². The Balaban J connectivity index is 1.39. The van der Waals surface area contributed by atoms with Gasteiger partial charge in [-0.1, -0.05) is 42.5 Å². The SMILES string of the molecule is Cc1nc2c(C#N)cnn2c(C)c1CCC(=O)N(C/C=C/c1ccccc1)c1ccc2c(c1)OCCO2. The van der Waals surface area contributed by atoms with Crippen LogP contribution < -0.4 is 14.4 Å². The maximum Gasteiger partial charge on any atom is 0.227 e. The minimum absolute atomic E-state index is 0.0218. The summed E-state index contributed by atoms with van der Waals surface area (Å²) in [5.41, 5.74) is 5.42. The average molecular weight is 494 g/mol. The molecule has 8 nitrogen and oxygen atoms in total. The van der Waals surface area contributed by atoms with Crippen molar-refractivity contribution in [1.82, 2.24) is 14.6 Å². The fraction of sp³-hybridized carbons (Fsp3) is 0.241. The number of fused-ring (bicyclic) bond motifs is 2. The van der Waals surface area contributed by atoms with Gasteiger partial charge in [-0.25, -0.2) is 9.50 Å². The highest BCUT2D eigenvalue weighted by atomic mass is 16.6. The lowest BCUT2D eigenvalue weighted by atomic mass is 10.1. The lowest BCUT2D eigenvalue weighted by Gasteiger charge is -2.25. The van der Waals surface area contributed by atoms with Crippen molar-refractivity contribution < 1.29 is 14.3 Å². The highest BCUT2D eigenvalue weighted by Crippen LogP contribution is 2.34. The lowest BCUT2D eigenvalue weighted by Crippen LogP contribution is -2.31. The van der Waals surface area contributed by atoms with Crippen LogP contribution in [0.1, 0.15) is 34.5 Å². The molecule has 2 aromatic heterocycles. The van der Waals surface area contributed by atoms with Crippen LogP contribution >= 0.6 is 0 Å². The molecule has 37 heavy (non-hydrogen) atoms. The predicted molar refractivity (Wildman–Crippen MR) is 141 cm³/mol. The minimum Gasteiger partial charge on any atom is -0.486 e. The molecule has 0 bridgehead atoms. The topological polar surface area (TPSA) is 92.8 Å². The largest absolute Gasteiger partial charge is 0.486 e. The monoisotopic (exact) mass is 493 g/mol. The van der Waals surface area contributed by atoms with E-state index in [2.05, 4.69) is 16.2 Å². The summed E-state index contributed by atoms with van der Waals surface area (Å²) in [5.74, 6) is 1.30. The molecule has 0 radical (unpaired) electrons. The number of hydrogen-bond donors (Lipinski definition) is 0. The van der Waals surface area contributed by atoms with E-state index in [0.717, 1.165) is 28.2 Å². The van der Waals surface area contributed by atoms with Gasteiger partial charge in [0, 0.05) is 36.1 Å². The van der Waals surface area contributed by atoms with Crippen molar-refractivity contribution in [1.29, 1.82) is 5.26 Å². The second-order valence-corrected chi connectivity index (χ2v) is 8.81. The summed E-state index contributed by atoms with van der Waals surface area (Å²) in [5, 5.41) is 13.6. The molecule has 0 spiro atoms. The van der Waals surface area contributed by atoms with Gasteiger partial charge in [-0.2, -0.15) is 10.4 Å². The number of benzene rings is 2. The van der Waals surface area contributed by atoms with Crippen LogP contribution in [0, 0.1) is 25.2 Å². The van der Waals surface area contributed by atoms with E-state index in [0.29, 0.717) is 48.9 Å². The van der Waals surface area contributed by atoms with Crippen LogP contribution in [-0.4, -0.2) is 40.3 Å². The summed E-state index contributed by atoms with van der Waals surface area (Å²) in [6.07, 6.45) is 6.31. The van der Waals surface area contributed by atoms with Crippen LogP contribution in [0.25, 0.3) is 11.7 Å². The second-order valence-electron chi connectivity index (χ2n) is 8.81. The quantitative estimate of drug-likeness (QED) is 0.372. The summed E-state index contributed by atoms with van der Waals surface area (Å²) >= 11 is 0. The summed E-state index contributed by atoms with van der Waals surface area (Å²) in [4.78, 5) is 19.9. The van der Waals surface area contributed by atoms with Crippen LogP contribution in [0.5, 0.6) is 11.5 Å². The smallest absolute Gasteiger partial charge is 0.227 e. The van der Waals surface area contributed by atoms with Gasteiger partial charge in [-0.15, -0.1) is 0 Å². The predicted octanol–water partition coefficient (Wildman–Crippen LogP) is 4.67. The van der Waals surface area contributed by atoms with E-state index in [-0.39, 0.29) is 12.3 Å². The van der Waals surface area contributed by atoms with Crippen molar-refractivity contribution in [2.75, 3.05) is 24.7 Å². The highest BCUT2D eigenvalue weighted by molar-refractivity contribution is 5.94. The maximum absolute atomic E-state index is 13.6. The van der Waals surface area contributed by atoms with Gasteiger partial charge in [0.15, 0.2) is 17.1 Å². The number of aromatic nitrogens is 3. The van der Waals surface area contributed by atoms with Crippen molar-refractivity contribution in [3.8, 4) is 17.6 Å². The van der Waals surface area contributed by atoms with E-state index in [4.69, 9.17) is 9.47 Å². The minimum atomic E-state index is -0.0218. The van der Waals surface area contributed by atoms with Crippen molar-refractivity contribution in [2.45, 2.75) is 26.7 Å². The third-order valence-electron chi connectivity index (χ3n) is 6.45. The number of carbonyl (C=O) groups excluding carboxylic acids is 1. The van der Waals surface area contributed by atoms with Gasteiger partial charge in [0.2, 0.25) is 5.91 Å². The number of nitrogens with zero attached hydrogens (tertiary/aromatic N) is 5. The van der Waals surface area contributed by atoms with Gasteiger partial charge in [-0.05, 0) is 43.5 Å². The molecule has 4 aromatic rings. The van der Waals surface area contributed by atoms with Gasteiger partial charge < -0.3 is 14.4 Å². The van der Waals surface area contributed by atoms with Crippen LogP contribution in [0.15, 0.2) is 60.8 Å². The molecule has 1 aliphatic heterocycles. The molecule has 1 aliphatic rings. The number of amides is 1. The first-order chi connectivity index (χ1) is 18.0. The molecule has 0 atom stereocenters. The van der Waals surface area contributed by atoms with Crippen molar-refractivity contribution in [3.05, 3.63) is 88.9 Å². The number of nitriles is 1. The number of anilines is 1. The molecule has 0 aliphatic carbocycles. The molecule has 0 saturated carbocycles. The molecule has 0 unspecified atom stereocenters. The molecular formula is C29H27N5O3. The molecule has 8 heteroatoms. The third-order valence-corrected chi connectivity index (χ3v) is 6.45. The molecule has 0 N–H and O–H groups in total. The number of aryl methyl sites for hydroxylation is 2. The average Bonchev–Trinajstić information content (AvgIpc) is 3.34. The fourth-order valence-electron chi connectivity index (χ4n) is 4.53. The molecule has 0 saturated heterocycles. The summed E-state index contributed by atoms with van der Waals surface area (Å²) in [6.45, 7) is 5.25. The van der Waals surface area contributed by atoms with Gasteiger partial charge in [0.1, 0.15) is 24.8 Å². The molecule has 2 aromatic carbocycles. The molecular weight excluding hydrogens is 466 g/mol. The highest BCUT2D eigenvalue weighted by Gasteiger charge is 2.20. The Morgan fingerprint density at radius 2 is 1.92 bits per heavy atom. The first kappa shape index (κ1) is 24.1. The van der Waals surface area contributed by atoms with Crippen molar-refractivity contribution >= 4 is 23.3 Å². The molecule has 3 heterocycles. The van der Waals surface area contributed by atoms with Gasteiger partial charge in [0.05, 0.1) is 6.20 Å². The van der Waals surface area contributed by atoms with Crippen LogP contribution in [-0.2, 0) is 11.2 Å². The zero-order valence-corrected chi connectivity index (χ0v) is 20.8. The van der Waals surface area contributed by atoms with Crippen molar-refractivity contribution in [2.24, 2.45) is 0 Å². The van der Waals surface area contributed by atoms with Gasteiger partial charge in [0.25, 0.3) is 0 Å². The number of hydrogen-bond acceptors (Lipinski definition) is 6. The zero-order valence-electron chi connectivity index (χ0n) is 20.8. The summed E-state index contributed by atoms with van der Waals surface area (Å²) < 4.78 is 13.1. The first-order valence-electron chi connectivity index (χ1n) is 12.2. The molecule has 186 valence electrons. The fourth-order valence-corrected chi connectivity index (χ4v) is 4.53. The molecule has 1 amide bonds. The Hall–Kier alpha value is -4.64. The van der Waals surface area contributed by atoms with Crippen LogP contribution in [0.2, 0.25) is 0 Å². The number of ether oxygens (including phenoxy) is 2. The van der Waals surface area contributed by atoms with E-state index in [1.807, 2.05) is 74.5 Å². The van der Waals surface area contributed by atoms with Crippen molar-refractivity contribution in [3.63, 3.8) is 0 Å². The second kappa shape index (κ2) is 10.5. The van der Waals surface area contributed by atoms with E-state index in [9.17, 15) is 10.1 Å². The number of rotatable bonds is 7. The van der Waals surface area contributed by atoms with E-state index in [1.165, 1.54) is 6.20 Å². The summed E-state index contributed by atoms with van der Waals surface area (Å²) in [6, 6.07) is 17.7. The van der Waals surface area contributed by atoms with Gasteiger partial charge in [-0.3, -0.25) is 4.79 Å². The normalized spacial score (nSPS) is 12.6. The standard InChI is InChI=1S/C29H27N5O3/c1-20-25(21(2)34-29(32-20)23(18-30)19-31-34)11-13-28(35)33(14-6-9-22-7-4-3-5-8-22)24-10-12-26-27(17-24)37-16-15-36-26/h3-10,12,17,19H,11,13-16H2,1-2H3/b9-6+. The Morgan fingerprint density at radius 3 is 2.70 bits per heavy atom. The first-order valence-corrected chi connectivity index (χ1v) is 12.2. The summed E-state index contributed by atoms with van der Waals surface area (Å²) in [7, 11) is 0. The molecule has 5 rings (SSSR count). The van der Waals surface area contributed by atoms with Crippen LogP contribution in [0.4, 0.5) is 5.69 Å². The van der Waals surface area contributed by atoms with E-state index < -0.39 is 0 Å². The molecule has 0 fully saturated rings. The maximum atomic E-state index is 13.6.